The van der Waals surface area contributed by atoms with E-state index in [4.69, 9.17) is 11.5 Å². The van der Waals surface area contributed by atoms with E-state index in [1.807, 2.05) is 4.90 Å². The Bertz CT molecular complexity index is 959. The summed E-state index contributed by atoms with van der Waals surface area (Å²) in [6.45, 7) is 6.60. The van der Waals surface area contributed by atoms with Crippen LogP contribution in [0.15, 0.2) is 0 Å². The molecule has 12 heteroatoms. The van der Waals surface area contributed by atoms with Crippen molar-refractivity contribution < 1.29 is 18.4 Å². The van der Waals surface area contributed by atoms with Gasteiger partial charge in [-0.05, 0) is 71.0 Å². The molecule has 0 aromatic carbocycles. The van der Waals surface area contributed by atoms with Crippen LogP contribution in [0.4, 0.5) is 8.78 Å². The Labute approximate surface area is 262 Å². The van der Waals surface area contributed by atoms with Crippen LogP contribution in [0.2, 0.25) is 0 Å². The van der Waals surface area contributed by atoms with Gasteiger partial charge in [-0.1, -0.05) is 25.7 Å². The molecule has 0 aromatic rings. The largest absolute Gasteiger partial charge is 0.350 e. The molecule has 5 rings (SSSR count). The number of nitrogens with two attached hydrogens (primary N) is 2. The second-order valence-corrected chi connectivity index (χ2v) is 14.7. The molecule has 4 heterocycles. The van der Waals surface area contributed by atoms with Gasteiger partial charge in [-0.2, -0.15) is 0 Å². The van der Waals surface area contributed by atoms with Crippen molar-refractivity contribution in [3.05, 3.63) is 0 Å². The predicted molar refractivity (Wildman–Crippen MR) is 168 cm³/mol. The maximum absolute atomic E-state index is 15.6. The molecule has 4 aliphatic heterocycles. The van der Waals surface area contributed by atoms with Crippen LogP contribution < -0.4 is 27.4 Å². The number of nitrogens with one attached hydrogen (secondary N) is 3. The first kappa shape index (κ1) is 33.9. The highest BCUT2D eigenvalue weighted by molar-refractivity contribution is 5.81. The molecule has 0 radical (unpaired) electrons. The minimum Gasteiger partial charge on any atom is -0.350 e. The number of piperazine rings is 1. The second kappa shape index (κ2) is 15.0. The van der Waals surface area contributed by atoms with Gasteiger partial charge in [-0.3, -0.25) is 14.5 Å². The first-order chi connectivity index (χ1) is 21.1. The Hall–Kier alpha value is -1.44. The highest BCUT2D eigenvalue weighted by atomic mass is 19.1. The first-order valence-corrected chi connectivity index (χ1v) is 17.3. The number of likely N-dealkylation sites (N-methyl/N-ethyl adjacent to an activating group) is 1. The normalized spacial score (nSPS) is 35.7. The fourth-order valence-electron chi connectivity index (χ4n) is 8.93. The van der Waals surface area contributed by atoms with E-state index in [0.29, 0.717) is 51.4 Å². The van der Waals surface area contributed by atoms with Crippen LogP contribution in [-0.4, -0.2) is 129 Å². The number of nitrogens with zero attached hydrogens (tertiary/aromatic N) is 3. The fraction of sp³-hybridized carbons (Fsp3) is 0.938. The third-order valence-corrected chi connectivity index (χ3v) is 11.6. The average Bonchev–Trinajstić information content (AvgIpc) is 3.31. The summed E-state index contributed by atoms with van der Waals surface area (Å²) in [6.07, 6.45) is 5.90. The van der Waals surface area contributed by atoms with Crippen LogP contribution in [0.25, 0.3) is 0 Å². The van der Waals surface area contributed by atoms with Crippen molar-refractivity contribution in [2.75, 3.05) is 59.4 Å². The number of halogens is 2. The smallest absolute Gasteiger partial charge is 0.227 e. The van der Waals surface area contributed by atoms with E-state index in [9.17, 15) is 9.59 Å². The van der Waals surface area contributed by atoms with E-state index < -0.39 is 36.5 Å². The van der Waals surface area contributed by atoms with E-state index in [2.05, 4.69) is 39.7 Å². The van der Waals surface area contributed by atoms with E-state index >= 15 is 8.78 Å². The summed E-state index contributed by atoms with van der Waals surface area (Å²) in [5.41, 5.74) is 12.4. The summed E-state index contributed by atoms with van der Waals surface area (Å²) in [6, 6.07) is -0.970. The first-order valence-electron chi connectivity index (χ1n) is 17.3. The van der Waals surface area contributed by atoms with E-state index in [-0.39, 0.29) is 42.3 Å². The molecule has 2 amide bonds. The Morgan fingerprint density at radius 1 is 0.955 bits per heavy atom. The molecule has 44 heavy (non-hydrogen) atoms. The predicted octanol–water partition coefficient (Wildman–Crippen LogP) is 0.946. The molecule has 5 aliphatic rings. The van der Waals surface area contributed by atoms with Crippen molar-refractivity contribution >= 4 is 11.8 Å². The molecule has 7 N–H and O–H groups in total. The van der Waals surface area contributed by atoms with Crippen molar-refractivity contribution in [1.82, 2.24) is 30.7 Å². The molecule has 7 atom stereocenters. The molecule has 0 bridgehead atoms. The summed E-state index contributed by atoms with van der Waals surface area (Å²) >= 11 is 0. The Morgan fingerprint density at radius 3 is 2.32 bits per heavy atom. The van der Waals surface area contributed by atoms with Gasteiger partial charge in [0.1, 0.15) is 12.3 Å². The number of carbonyl (C=O) groups excluding carboxylic acids is 2. The highest BCUT2D eigenvalue weighted by Gasteiger charge is 2.46. The number of hydrogen-bond donors (Lipinski definition) is 5. The number of carbonyl (C=O) groups is 2. The van der Waals surface area contributed by atoms with Gasteiger partial charge in [-0.25, -0.2) is 8.78 Å². The van der Waals surface area contributed by atoms with Crippen LogP contribution in [-0.2, 0) is 9.59 Å². The molecule has 252 valence electrons. The van der Waals surface area contributed by atoms with Crippen molar-refractivity contribution in [3.8, 4) is 0 Å². The zero-order chi connectivity index (χ0) is 31.4. The Balaban J connectivity index is 1.23. The van der Waals surface area contributed by atoms with Crippen LogP contribution in [0.5, 0.6) is 0 Å². The lowest BCUT2D eigenvalue weighted by atomic mass is 9.70. The van der Waals surface area contributed by atoms with Crippen LogP contribution in [0.1, 0.15) is 71.1 Å². The fourth-order valence-corrected chi connectivity index (χ4v) is 8.93. The molecule has 1 spiro atoms. The average molecular weight is 625 g/mol. The maximum atomic E-state index is 15.6. The molecule has 1 saturated carbocycles. The zero-order valence-corrected chi connectivity index (χ0v) is 27.0. The SMILES string of the molecule is C[C@H]1CN(C(=O)C2CCN(C3C(F)CNCC3NC(=O)C(C(N)N)C3CC4(CCCCCC4)CC(F)CN3)CC2)CCN1C. The quantitative estimate of drug-likeness (QED) is 0.276. The van der Waals surface area contributed by atoms with Crippen molar-refractivity contribution in [3.63, 3.8) is 0 Å². The summed E-state index contributed by atoms with van der Waals surface area (Å²) in [4.78, 5) is 33.7. The summed E-state index contributed by atoms with van der Waals surface area (Å²) in [5.74, 6) is -0.880. The lowest BCUT2D eigenvalue weighted by Crippen LogP contribution is -2.68. The number of hydrogen-bond acceptors (Lipinski definition) is 8. The lowest BCUT2D eigenvalue weighted by molar-refractivity contribution is -0.140. The van der Waals surface area contributed by atoms with Gasteiger partial charge in [0.2, 0.25) is 11.8 Å². The van der Waals surface area contributed by atoms with Crippen LogP contribution in [0.3, 0.4) is 0 Å². The number of likely N-dealkylation sites (tertiary alicyclic amines) is 1. The second-order valence-electron chi connectivity index (χ2n) is 14.7. The van der Waals surface area contributed by atoms with E-state index in [0.717, 1.165) is 58.2 Å². The molecule has 10 nitrogen and oxygen atoms in total. The van der Waals surface area contributed by atoms with Crippen LogP contribution in [0, 0.1) is 17.3 Å². The Kier molecular flexibility index (Phi) is 11.5. The lowest BCUT2D eigenvalue weighted by Gasteiger charge is -2.46. The van der Waals surface area contributed by atoms with Crippen molar-refractivity contribution in [1.29, 1.82) is 0 Å². The summed E-state index contributed by atoms with van der Waals surface area (Å²) in [5, 5.41) is 9.61. The standard InChI is InChI=1S/C32H58F2N8O2/c1-21-20-42(14-13-40(21)2)31(44)22-7-11-41(12-8-22)28-24(34)18-37-19-26(28)39-30(43)27(29(35)36)25-16-32(15-23(33)17-38-25)9-5-3-4-6-10-32/h21-29,37-38H,3-20,35-36H2,1-2H3,(H,39,43)/t21-,23?,24?,25?,26?,27?,28?/m0/s1. The van der Waals surface area contributed by atoms with Gasteiger partial charge in [0, 0.05) is 57.3 Å². The maximum Gasteiger partial charge on any atom is 0.227 e. The topological polar surface area (TPSA) is 132 Å². The molecule has 5 fully saturated rings. The zero-order valence-electron chi connectivity index (χ0n) is 27.0. The van der Waals surface area contributed by atoms with Gasteiger partial charge >= 0.3 is 0 Å². The van der Waals surface area contributed by atoms with Gasteiger partial charge in [0.15, 0.2) is 0 Å². The monoisotopic (exact) mass is 624 g/mol. The molecule has 6 unspecified atom stereocenters. The minimum absolute atomic E-state index is 0.0498. The van der Waals surface area contributed by atoms with E-state index in [1.165, 1.54) is 0 Å². The number of alkyl halides is 2. The third kappa shape index (κ3) is 7.91. The summed E-state index contributed by atoms with van der Waals surface area (Å²) < 4.78 is 30.6. The number of rotatable bonds is 6. The van der Waals surface area contributed by atoms with Gasteiger partial charge in [0.05, 0.1) is 24.2 Å². The molecular weight excluding hydrogens is 566 g/mol. The molecular formula is C32H58F2N8O2. The van der Waals surface area contributed by atoms with Gasteiger partial charge < -0.3 is 37.2 Å². The van der Waals surface area contributed by atoms with Gasteiger partial charge in [0.25, 0.3) is 0 Å². The van der Waals surface area contributed by atoms with Gasteiger partial charge in [-0.15, -0.1) is 0 Å². The molecule has 1 aliphatic carbocycles. The third-order valence-electron chi connectivity index (χ3n) is 11.6. The highest BCUT2D eigenvalue weighted by Crippen LogP contribution is 2.45. The number of piperidine rings is 2. The number of amides is 2. The van der Waals surface area contributed by atoms with Crippen molar-refractivity contribution in [2.24, 2.45) is 28.7 Å². The molecule has 4 saturated heterocycles. The minimum atomic E-state index is -1.16. The Morgan fingerprint density at radius 2 is 1.66 bits per heavy atom. The van der Waals surface area contributed by atoms with Crippen molar-refractivity contribution in [2.45, 2.75) is 114 Å². The van der Waals surface area contributed by atoms with E-state index in [1.54, 1.807) is 0 Å². The van der Waals surface area contributed by atoms with Crippen LogP contribution >= 0.6 is 0 Å². The summed E-state index contributed by atoms with van der Waals surface area (Å²) in [7, 11) is 2.09. The molecule has 0 aromatic heterocycles.